The fraction of sp³-hybridized carbons (Fsp3) is 0.300. The van der Waals surface area contributed by atoms with Crippen LogP contribution in [0.4, 0.5) is 0 Å². The SMILES string of the molecule is Cc1nn[nH]c1-c1ccc(-n2c(=O)c3c(n4ncc(CC(C)C)c24)CN(C(=O)c2ccc(Br)c(Cl)c2)[C@@H](C)C3)cc1. The van der Waals surface area contributed by atoms with Crippen molar-refractivity contribution in [3.05, 3.63) is 96.6 Å². The van der Waals surface area contributed by atoms with Crippen LogP contribution >= 0.6 is 27.5 Å². The van der Waals surface area contributed by atoms with E-state index in [-0.39, 0.29) is 24.1 Å². The Kier molecular flexibility index (Phi) is 7.07. The van der Waals surface area contributed by atoms with Crippen LogP contribution in [0.1, 0.15) is 53.6 Å². The Morgan fingerprint density at radius 1 is 1.20 bits per heavy atom. The topological polar surface area (TPSA) is 101 Å². The highest BCUT2D eigenvalue weighted by atomic mass is 79.9. The lowest BCUT2D eigenvalue weighted by Gasteiger charge is -2.35. The highest BCUT2D eigenvalue weighted by Crippen LogP contribution is 2.30. The molecule has 0 spiro atoms. The van der Waals surface area contributed by atoms with Gasteiger partial charge in [0.2, 0.25) is 0 Å². The smallest absolute Gasteiger partial charge is 0.261 e. The van der Waals surface area contributed by atoms with Crippen molar-refractivity contribution in [2.24, 2.45) is 5.92 Å². The maximum atomic E-state index is 14.3. The molecule has 1 amide bonds. The van der Waals surface area contributed by atoms with E-state index < -0.39 is 0 Å². The van der Waals surface area contributed by atoms with Crippen molar-refractivity contribution >= 4 is 39.1 Å². The number of carbonyl (C=O) groups excluding carboxylic acids is 1. The Morgan fingerprint density at radius 2 is 1.95 bits per heavy atom. The number of nitrogens with one attached hydrogen (secondary N) is 1. The number of fused-ring (bicyclic) bond motifs is 3. The summed E-state index contributed by atoms with van der Waals surface area (Å²) in [5.41, 5.74) is 6.86. The lowest BCUT2D eigenvalue weighted by Crippen LogP contribution is -2.46. The standard InChI is InChI=1S/C30H29BrClN7O2/c1-16(2)11-21-14-33-39-26-15-37(29(40)20-7-10-24(31)25(32)13-20)17(3)12-23(26)30(41)38(28(21)39)22-8-5-19(6-9-22)27-18(4)34-36-35-27/h5-10,13-14,16-17H,11-12,15H2,1-4H3,(H,34,35,36)/t17-/m0/s1. The summed E-state index contributed by atoms with van der Waals surface area (Å²) in [5.74, 6) is 0.227. The molecule has 0 saturated heterocycles. The lowest BCUT2D eigenvalue weighted by molar-refractivity contribution is 0.0651. The van der Waals surface area contributed by atoms with Crippen molar-refractivity contribution in [3.63, 3.8) is 0 Å². The molecular weight excluding hydrogens is 606 g/mol. The summed E-state index contributed by atoms with van der Waals surface area (Å²) in [6.45, 7) is 8.42. The largest absolute Gasteiger partial charge is 0.330 e. The van der Waals surface area contributed by atoms with Crippen LogP contribution in [0.2, 0.25) is 5.02 Å². The number of carbonyl (C=O) groups is 1. The van der Waals surface area contributed by atoms with Crippen molar-refractivity contribution in [3.8, 4) is 16.9 Å². The van der Waals surface area contributed by atoms with Crippen molar-refractivity contribution in [1.29, 1.82) is 0 Å². The van der Waals surface area contributed by atoms with Gasteiger partial charge in [0.1, 0.15) is 5.65 Å². The number of halogens is 2. The third-order valence-corrected chi connectivity index (χ3v) is 8.87. The maximum Gasteiger partial charge on any atom is 0.261 e. The van der Waals surface area contributed by atoms with E-state index >= 15 is 0 Å². The van der Waals surface area contributed by atoms with Crippen LogP contribution in [-0.4, -0.2) is 46.4 Å². The van der Waals surface area contributed by atoms with Crippen molar-refractivity contribution in [1.82, 2.24) is 34.5 Å². The highest BCUT2D eigenvalue weighted by molar-refractivity contribution is 9.10. The van der Waals surface area contributed by atoms with Crippen molar-refractivity contribution < 1.29 is 4.79 Å². The van der Waals surface area contributed by atoms with E-state index in [4.69, 9.17) is 16.7 Å². The predicted octanol–water partition coefficient (Wildman–Crippen LogP) is 5.78. The van der Waals surface area contributed by atoms with Crippen LogP contribution in [-0.2, 0) is 19.4 Å². The molecule has 1 atom stereocenters. The molecule has 1 N–H and O–H groups in total. The summed E-state index contributed by atoms with van der Waals surface area (Å²) in [4.78, 5) is 29.7. The first-order chi connectivity index (χ1) is 19.6. The molecule has 11 heteroatoms. The maximum absolute atomic E-state index is 14.3. The molecule has 0 fully saturated rings. The van der Waals surface area contributed by atoms with Gasteiger partial charge in [0.25, 0.3) is 11.5 Å². The van der Waals surface area contributed by atoms with Gasteiger partial charge in [0, 0.05) is 32.8 Å². The van der Waals surface area contributed by atoms with E-state index in [9.17, 15) is 9.59 Å². The van der Waals surface area contributed by atoms with Gasteiger partial charge < -0.3 is 4.90 Å². The van der Waals surface area contributed by atoms with Gasteiger partial charge in [-0.2, -0.15) is 5.10 Å². The number of rotatable bonds is 5. The van der Waals surface area contributed by atoms with Crippen LogP contribution in [0.3, 0.4) is 0 Å². The zero-order valence-electron chi connectivity index (χ0n) is 23.2. The quantitative estimate of drug-likeness (QED) is 0.264. The van der Waals surface area contributed by atoms with Crippen molar-refractivity contribution in [2.45, 2.75) is 53.1 Å². The molecule has 210 valence electrons. The average Bonchev–Trinajstić information content (AvgIpc) is 3.56. The van der Waals surface area contributed by atoms with Gasteiger partial charge in [-0.15, -0.1) is 5.10 Å². The summed E-state index contributed by atoms with van der Waals surface area (Å²) < 4.78 is 4.35. The van der Waals surface area contributed by atoms with E-state index in [1.165, 1.54) is 0 Å². The third kappa shape index (κ3) is 4.78. The number of aromatic amines is 1. The number of nitrogens with zero attached hydrogens (tertiary/aromatic N) is 6. The number of benzene rings is 2. The molecule has 1 aliphatic rings. The van der Waals surface area contributed by atoms with Gasteiger partial charge in [-0.3, -0.25) is 19.3 Å². The molecule has 0 radical (unpaired) electrons. The van der Waals surface area contributed by atoms with Gasteiger partial charge >= 0.3 is 0 Å². The Labute approximate surface area is 250 Å². The Bertz CT molecular complexity index is 1860. The molecule has 9 nitrogen and oxygen atoms in total. The number of aromatic nitrogens is 6. The molecule has 0 bridgehead atoms. The molecule has 4 heterocycles. The molecular formula is C30H29BrClN7O2. The van der Waals surface area contributed by atoms with E-state index in [1.807, 2.05) is 48.8 Å². The second-order valence-corrected chi connectivity index (χ2v) is 12.3. The first kappa shape index (κ1) is 27.4. The van der Waals surface area contributed by atoms with Gasteiger partial charge in [0.15, 0.2) is 0 Å². The summed E-state index contributed by atoms with van der Waals surface area (Å²) in [6.07, 6.45) is 3.02. The highest BCUT2D eigenvalue weighted by Gasteiger charge is 2.33. The van der Waals surface area contributed by atoms with Crippen LogP contribution in [0.25, 0.3) is 22.6 Å². The molecule has 3 aromatic heterocycles. The zero-order valence-corrected chi connectivity index (χ0v) is 25.5. The average molecular weight is 635 g/mol. The van der Waals surface area contributed by atoms with E-state index in [1.54, 1.807) is 27.7 Å². The Hall–Kier alpha value is -3.76. The van der Waals surface area contributed by atoms with Crippen molar-refractivity contribution in [2.75, 3.05) is 0 Å². The van der Waals surface area contributed by atoms with E-state index in [0.29, 0.717) is 28.5 Å². The minimum absolute atomic E-state index is 0.0872. The van der Waals surface area contributed by atoms with Crippen LogP contribution in [0.15, 0.2) is 57.9 Å². The number of hydrogen-bond donors (Lipinski definition) is 1. The fourth-order valence-corrected chi connectivity index (χ4v) is 6.03. The van der Waals surface area contributed by atoms with Gasteiger partial charge in [0.05, 0.1) is 40.5 Å². The molecule has 0 unspecified atom stereocenters. The second-order valence-electron chi connectivity index (χ2n) is 11.0. The normalized spacial score (nSPS) is 15.1. The summed E-state index contributed by atoms with van der Waals surface area (Å²) in [7, 11) is 0. The van der Waals surface area contributed by atoms with E-state index in [2.05, 4.69) is 45.2 Å². The minimum atomic E-state index is -0.194. The number of aryl methyl sites for hydroxylation is 1. The second kappa shape index (κ2) is 10.6. The number of H-pyrrole nitrogens is 1. The minimum Gasteiger partial charge on any atom is -0.330 e. The van der Waals surface area contributed by atoms with Gasteiger partial charge in [-0.05, 0) is 78.9 Å². The Balaban J connectivity index is 1.49. The summed E-state index contributed by atoms with van der Waals surface area (Å²) in [5, 5.41) is 16.1. The van der Waals surface area contributed by atoms with Crippen LogP contribution in [0.5, 0.6) is 0 Å². The molecule has 0 aliphatic carbocycles. The molecule has 1 aliphatic heterocycles. The lowest BCUT2D eigenvalue weighted by atomic mass is 9.98. The number of hydrogen-bond acceptors (Lipinski definition) is 5. The molecule has 6 rings (SSSR count). The van der Waals surface area contributed by atoms with Gasteiger partial charge in [-0.25, -0.2) is 4.52 Å². The first-order valence-electron chi connectivity index (χ1n) is 13.5. The van der Waals surface area contributed by atoms with Crippen LogP contribution in [0, 0.1) is 12.8 Å². The third-order valence-electron chi connectivity index (χ3n) is 7.64. The molecule has 41 heavy (non-hydrogen) atoms. The molecule has 5 aromatic rings. The zero-order chi connectivity index (χ0) is 29.0. The molecule has 2 aromatic carbocycles. The summed E-state index contributed by atoms with van der Waals surface area (Å²) in [6, 6.07) is 12.8. The van der Waals surface area contributed by atoms with E-state index in [0.717, 1.165) is 50.4 Å². The monoisotopic (exact) mass is 633 g/mol. The molecule has 0 saturated carbocycles. The predicted molar refractivity (Wildman–Crippen MR) is 162 cm³/mol. The fourth-order valence-electron chi connectivity index (χ4n) is 5.61. The first-order valence-corrected chi connectivity index (χ1v) is 14.7. The number of amides is 1. The van der Waals surface area contributed by atoms with Crippen LogP contribution < -0.4 is 5.56 Å². The summed E-state index contributed by atoms with van der Waals surface area (Å²) >= 11 is 9.69. The Morgan fingerprint density at radius 3 is 2.61 bits per heavy atom. The van der Waals surface area contributed by atoms with Gasteiger partial charge in [-0.1, -0.05) is 42.8 Å².